The molecule has 15 heavy (non-hydrogen) atoms. The van der Waals surface area contributed by atoms with Crippen LogP contribution in [0.3, 0.4) is 0 Å². The lowest BCUT2D eigenvalue weighted by molar-refractivity contribution is 0.0446. The second kappa shape index (κ2) is 4.77. The van der Waals surface area contributed by atoms with Crippen LogP contribution in [-0.4, -0.2) is 33.1 Å². The summed E-state index contributed by atoms with van der Waals surface area (Å²) in [7, 11) is 1.91. The number of hydrogen-bond acceptors (Lipinski definition) is 3. The van der Waals surface area contributed by atoms with Crippen LogP contribution >= 0.6 is 0 Å². The van der Waals surface area contributed by atoms with Crippen LogP contribution < -0.4 is 5.32 Å². The molecule has 86 valence electrons. The number of aromatic nitrogens is 2. The molecule has 2 N–H and O–H groups in total. The highest BCUT2D eigenvalue weighted by Gasteiger charge is 2.21. The number of nitrogens with one attached hydrogen (secondary N) is 1. The number of nitrogens with zero attached hydrogens (tertiary/aromatic N) is 2. The van der Waals surface area contributed by atoms with Crippen molar-refractivity contribution in [3.8, 4) is 0 Å². The van der Waals surface area contributed by atoms with E-state index in [1.54, 1.807) is 4.68 Å². The molecular formula is C11H21N3O. The maximum absolute atomic E-state index is 9.71. The Morgan fingerprint density at radius 2 is 2.27 bits per heavy atom. The smallest absolute Gasteiger partial charge is 0.0741 e. The lowest BCUT2D eigenvalue weighted by atomic mass is 10.0. The Bertz CT molecular complexity index is 301. The van der Waals surface area contributed by atoms with Crippen LogP contribution in [0.25, 0.3) is 0 Å². The SMILES string of the molecule is CC(NCCc1ccn(C)n1)C(C)(C)O. The zero-order chi connectivity index (χ0) is 11.5. The van der Waals surface area contributed by atoms with Crippen LogP contribution in [-0.2, 0) is 13.5 Å². The van der Waals surface area contributed by atoms with Crippen LogP contribution in [0.5, 0.6) is 0 Å². The summed E-state index contributed by atoms with van der Waals surface area (Å²) in [5, 5.41) is 17.3. The predicted octanol–water partition coefficient (Wildman–Crippen LogP) is 0.712. The number of aliphatic hydroxyl groups is 1. The monoisotopic (exact) mass is 211 g/mol. The van der Waals surface area contributed by atoms with E-state index in [9.17, 15) is 5.11 Å². The van der Waals surface area contributed by atoms with Gasteiger partial charge in [-0.1, -0.05) is 0 Å². The first-order valence-corrected chi connectivity index (χ1v) is 5.34. The minimum absolute atomic E-state index is 0.0845. The van der Waals surface area contributed by atoms with E-state index in [-0.39, 0.29) is 6.04 Å². The largest absolute Gasteiger partial charge is 0.389 e. The Kier molecular flexibility index (Phi) is 3.88. The van der Waals surface area contributed by atoms with Crippen molar-refractivity contribution in [2.24, 2.45) is 7.05 Å². The van der Waals surface area contributed by atoms with Crippen LogP contribution in [0.4, 0.5) is 0 Å². The summed E-state index contributed by atoms with van der Waals surface area (Å²) in [5.74, 6) is 0. The Labute approximate surface area is 91.3 Å². The highest BCUT2D eigenvalue weighted by atomic mass is 16.3. The Morgan fingerprint density at radius 3 is 2.73 bits per heavy atom. The minimum atomic E-state index is -0.676. The second-order valence-electron chi connectivity index (χ2n) is 4.56. The zero-order valence-corrected chi connectivity index (χ0v) is 9.99. The van der Waals surface area contributed by atoms with Gasteiger partial charge < -0.3 is 10.4 Å². The third-order valence-corrected chi connectivity index (χ3v) is 2.66. The van der Waals surface area contributed by atoms with Gasteiger partial charge in [0, 0.05) is 32.3 Å². The summed E-state index contributed by atoms with van der Waals surface area (Å²) in [6.07, 6.45) is 2.83. The van der Waals surface area contributed by atoms with Crippen molar-refractivity contribution in [1.82, 2.24) is 15.1 Å². The quantitative estimate of drug-likeness (QED) is 0.754. The molecule has 4 heteroatoms. The summed E-state index contributed by atoms with van der Waals surface area (Å²) >= 11 is 0. The van der Waals surface area contributed by atoms with E-state index in [1.165, 1.54) is 0 Å². The Morgan fingerprint density at radius 1 is 1.60 bits per heavy atom. The maximum Gasteiger partial charge on any atom is 0.0741 e. The van der Waals surface area contributed by atoms with E-state index in [1.807, 2.05) is 40.1 Å². The van der Waals surface area contributed by atoms with Gasteiger partial charge >= 0.3 is 0 Å². The van der Waals surface area contributed by atoms with Crippen molar-refractivity contribution in [1.29, 1.82) is 0 Å². The highest BCUT2D eigenvalue weighted by molar-refractivity contribution is 4.99. The van der Waals surface area contributed by atoms with Crippen LogP contribution in [0.1, 0.15) is 26.5 Å². The highest BCUT2D eigenvalue weighted by Crippen LogP contribution is 2.07. The Hall–Kier alpha value is -0.870. The lowest BCUT2D eigenvalue weighted by Crippen LogP contribution is -2.45. The molecule has 0 radical (unpaired) electrons. The fourth-order valence-electron chi connectivity index (χ4n) is 1.26. The molecule has 0 bridgehead atoms. The van der Waals surface area contributed by atoms with Gasteiger partial charge in [0.1, 0.15) is 0 Å². The molecule has 0 aromatic carbocycles. The summed E-state index contributed by atoms with van der Waals surface area (Å²) in [4.78, 5) is 0. The summed E-state index contributed by atoms with van der Waals surface area (Å²) < 4.78 is 1.80. The molecule has 1 rings (SSSR count). The predicted molar refractivity (Wildman–Crippen MR) is 60.7 cm³/mol. The molecule has 0 spiro atoms. The molecule has 0 saturated heterocycles. The van der Waals surface area contributed by atoms with Crippen molar-refractivity contribution in [2.45, 2.75) is 38.8 Å². The zero-order valence-electron chi connectivity index (χ0n) is 9.99. The first-order valence-electron chi connectivity index (χ1n) is 5.34. The first kappa shape index (κ1) is 12.2. The topological polar surface area (TPSA) is 50.1 Å². The normalized spacial score (nSPS) is 14.2. The Balaban J connectivity index is 2.28. The molecular weight excluding hydrogens is 190 g/mol. The average Bonchev–Trinajstić information content (AvgIpc) is 2.49. The third-order valence-electron chi connectivity index (χ3n) is 2.66. The molecule has 1 unspecified atom stereocenters. The van der Waals surface area contributed by atoms with Gasteiger partial charge in [-0.25, -0.2) is 0 Å². The van der Waals surface area contributed by atoms with E-state index in [0.29, 0.717) is 0 Å². The third kappa shape index (κ3) is 4.01. The van der Waals surface area contributed by atoms with Crippen LogP contribution in [0, 0.1) is 0 Å². The van der Waals surface area contributed by atoms with Gasteiger partial charge in [0.2, 0.25) is 0 Å². The van der Waals surface area contributed by atoms with Gasteiger partial charge in [0.25, 0.3) is 0 Å². The molecule has 4 nitrogen and oxygen atoms in total. The van der Waals surface area contributed by atoms with Crippen LogP contribution in [0.2, 0.25) is 0 Å². The summed E-state index contributed by atoms with van der Waals surface area (Å²) in [6, 6.07) is 2.09. The molecule has 0 fully saturated rings. The molecule has 1 atom stereocenters. The van der Waals surface area contributed by atoms with E-state index in [2.05, 4.69) is 10.4 Å². The number of aryl methyl sites for hydroxylation is 1. The van der Waals surface area contributed by atoms with E-state index < -0.39 is 5.60 Å². The fraction of sp³-hybridized carbons (Fsp3) is 0.727. The van der Waals surface area contributed by atoms with Gasteiger partial charge in [-0.3, -0.25) is 4.68 Å². The maximum atomic E-state index is 9.71. The van der Waals surface area contributed by atoms with Gasteiger partial charge in [-0.05, 0) is 26.8 Å². The number of rotatable bonds is 5. The van der Waals surface area contributed by atoms with Gasteiger partial charge in [0.05, 0.1) is 11.3 Å². The van der Waals surface area contributed by atoms with E-state index in [4.69, 9.17) is 0 Å². The molecule has 0 aliphatic rings. The standard InChI is InChI=1S/C11H21N3O/c1-9(11(2,3)15)12-7-5-10-6-8-14(4)13-10/h6,8-9,12,15H,5,7H2,1-4H3. The molecule has 1 aromatic rings. The molecule has 0 amide bonds. The van der Waals surface area contributed by atoms with Gasteiger partial charge in [-0.2, -0.15) is 5.10 Å². The fourth-order valence-corrected chi connectivity index (χ4v) is 1.26. The van der Waals surface area contributed by atoms with Crippen LogP contribution in [0.15, 0.2) is 12.3 Å². The van der Waals surface area contributed by atoms with Gasteiger partial charge in [-0.15, -0.1) is 0 Å². The molecule has 1 heterocycles. The number of hydrogen-bond donors (Lipinski definition) is 2. The molecule has 0 saturated carbocycles. The first-order chi connectivity index (χ1) is 6.89. The average molecular weight is 211 g/mol. The molecule has 0 aliphatic heterocycles. The lowest BCUT2D eigenvalue weighted by Gasteiger charge is -2.26. The van der Waals surface area contributed by atoms with Crippen molar-refractivity contribution in [3.63, 3.8) is 0 Å². The van der Waals surface area contributed by atoms with Gasteiger partial charge in [0.15, 0.2) is 0 Å². The van der Waals surface area contributed by atoms with E-state index >= 15 is 0 Å². The van der Waals surface area contributed by atoms with Crippen molar-refractivity contribution >= 4 is 0 Å². The van der Waals surface area contributed by atoms with E-state index in [0.717, 1.165) is 18.7 Å². The van der Waals surface area contributed by atoms with Crippen molar-refractivity contribution in [3.05, 3.63) is 18.0 Å². The second-order valence-corrected chi connectivity index (χ2v) is 4.56. The minimum Gasteiger partial charge on any atom is -0.389 e. The molecule has 0 aliphatic carbocycles. The summed E-state index contributed by atoms with van der Waals surface area (Å²) in [6.45, 7) is 6.44. The summed E-state index contributed by atoms with van der Waals surface area (Å²) in [5.41, 5.74) is 0.400. The molecule has 1 aromatic heterocycles. The van der Waals surface area contributed by atoms with Crippen molar-refractivity contribution < 1.29 is 5.11 Å². The van der Waals surface area contributed by atoms with Crippen molar-refractivity contribution in [2.75, 3.05) is 6.54 Å².